The third kappa shape index (κ3) is 1.72. The Kier molecular flexibility index (Phi) is 2.95. The minimum atomic E-state index is -3.53. The van der Waals surface area contributed by atoms with Gasteiger partial charge < -0.3 is 10.2 Å². The van der Waals surface area contributed by atoms with Gasteiger partial charge in [-0.3, -0.25) is 4.79 Å². The van der Waals surface area contributed by atoms with Gasteiger partial charge in [0, 0.05) is 12.2 Å². The van der Waals surface area contributed by atoms with Crippen molar-refractivity contribution in [2.24, 2.45) is 5.41 Å². The molecule has 0 heterocycles. The summed E-state index contributed by atoms with van der Waals surface area (Å²) >= 11 is 0. The van der Waals surface area contributed by atoms with Crippen LogP contribution >= 0.6 is 0 Å². The summed E-state index contributed by atoms with van der Waals surface area (Å²) in [4.78, 5) is 11.3. The van der Waals surface area contributed by atoms with Crippen LogP contribution in [0.2, 0.25) is 0 Å². The average molecular weight is 270 g/mol. The van der Waals surface area contributed by atoms with E-state index in [2.05, 4.69) is 0 Å². The molecule has 3 atom stereocenters. The quantitative estimate of drug-likeness (QED) is 0.819. The van der Waals surface area contributed by atoms with Gasteiger partial charge in [-0.25, -0.2) is 8.42 Å². The molecule has 1 aromatic carbocycles. The van der Waals surface area contributed by atoms with Crippen LogP contribution in [-0.4, -0.2) is 42.7 Å². The third-order valence-corrected chi connectivity index (χ3v) is 5.15. The van der Waals surface area contributed by atoms with Gasteiger partial charge in [-0.15, -0.1) is 0 Å². The second-order valence-corrected chi connectivity index (χ2v) is 6.81. The minimum Gasteiger partial charge on any atom is -0.481 e. The first-order chi connectivity index (χ1) is 8.35. The monoisotopic (exact) mass is 270 g/mol. The number of carbonyl (C=O) groups is 1. The number of benzene rings is 1. The fourth-order valence-corrected chi connectivity index (χ4v) is 4.58. The van der Waals surface area contributed by atoms with Gasteiger partial charge in [0.05, 0.1) is 11.9 Å². The van der Waals surface area contributed by atoms with Crippen molar-refractivity contribution in [3.05, 3.63) is 35.9 Å². The molecule has 98 valence electrons. The summed E-state index contributed by atoms with van der Waals surface area (Å²) in [6.45, 7) is -0.681. The number of aliphatic hydroxyl groups is 1. The van der Waals surface area contributed by atoms with Gasteiger partial charge in [0.15, 0.2) is 9.84 Å². The number of hydrogen-bond acceptors (Lipinski definition) is 4. The zero-order chi connectivity index (χ0) is 13.6. The fourth-order valence-electron chi connectivity index (χ4n) is 2.68. The maximum atomic E-state index is 11.7. The molecule has 2 rings (SSSR count). The summed E-state index contributed by atoms with van der Waals surface area (Å²) in [5.74, 6) is -1.95. The lowest BCUT2D eigenvalue weighted by atomic mass is 10.0. The van der Waals surface area contributed by atoms with Gasteiger partial charge in [-0.05, 0) is 5.56 Å². The molecule has 1 aliphatic rings. The Morgan fingerprint density at radius 2 is 1.89 bits per heavy atom. The second-order valence-electron chi connectivity index (χ2n) is 4.64. The Morgan fingerprint density at radius 3 is 2.22 bits per heavy atom. The lowest BCUT2D eigenvalue weighted by molar-refractivity contribution is -0.145. The lowest BCUT2D eigenvalue weighted by Gasteiger charge is -2.08. The number of rotatable bonds is 4. The molecule has 1 aromatic rings. The van der Waals surface area contributed by atoms with Gasteiger partial charge in [-0.2, -0.15) is 0 Å². The van der Waals surface area contributed by atoms with Crippen molar-refractivity contribution >= 4 is 15.8 Å². The van der Waals surface area contributed by atoms with E-state index in [1.54, 1.807) is 30.3 Å². The van der Waals surface area contributed by atoms with Crippen molar-refractivity contribution in [3.8, 4) is 0 Å². The van der Waals surface area contributed by atoms with Crippen LogP contribution in [0.25, 0.3) is 0 Å². The van der Waals surface area contributed by atoms with E-state index in [1.165, 1.54) is 0 Å². The highest BCUT2D eigenvalue weighted by molar-refractivity contribution is 7.91. The first kappa shape index (κ1) is 13.0. The Hall–Kier alpha value is -1.40. The lowest BCUT2D eigenvalue weighted by Crippen LogP contribution is -2.27. The predicted molar refractivity (Wildman–Crippen MR) is 65.0 cm³/mol. The standard InChI is InChI=1S/C12H14O5S/c1-18(16,17)10-9(8-5-3-2-4-6-8)12(10,7-13)11(14)15/h2-6,9-10,13H,7H2,1H3,(H,14,15)/t9-,10+,12-/m0/s1. The molecule has 1 aliphatic carbocycles. The average Bonchev–Trinajstić information content (AvgIpc) is 3.00. The summed E-state index contributed by atoms with van der Waals surface area (Å²) in [5.41, 5.74) is -0.973. The smallest absolute Gasteiger partial charge is 0.314 e. The normalized spacial score (nSPS) is 31.0. The molecule has 6 heteroatoms. The third-order valence-electron chi connectivity index (χ3n) is 3.54. The molecule has 0 saturated heterocycles. The Balaban J connectivity index is 2.51. The van der Waals surface area contributed by atoms with E-state index < -0.39 is 39.0 Å². The molecular formula is C12H14O5S. The summed E-state index contributed by atoms with van der Waals surface area (Å²) < 4.78 is 23.4. The van der Waals surface area contributed by atoms with Crippen molar-refractivity contribution < 1.29 is 23.4 Å². The van der Waals surface area contributed by atoms with Crippen molar-refractivity contribution in [3.63, 3.8) is 0 Å². The van der Waals surface area contributed by atoms with Gasteiger partial charge in [0.1, 0.15) is 5.41 Å². The van der Waals surface area contributed by atoms with Gasteiger partial charge in [-0.1, -0.05) is 30.3 Å². The number of sulfone groups is 1. The Morgan fingerprint density at radius 1 is 1.33 bits per heavy atom. The van der Waals surface area contributed by atoms with Gasteiger partial charge in [0.2, 0.25) is 0 Å². The molecule has 0 bridgehead atoms. The largest absolute Gasteiger partial charge is 0.481 e. The summed E-state index contributed by atoms with van der Waals surface area (Å²) in [6, 6.07) is 8.57. The summed E-state index contributed by atoms with van der Waals surface area (Å²) in [7, 11) is -3.53. The minimum absolute atomic E-state index is 0.629. The topological polar surface area (TPSA) is 91.7 Å². The highest BCUT2D eigenvalue weighted by atomic mass is 32.2. The van der Waals surface area contributed by atoms with Crippen LogP contribution in [0.5, 0.6) is 0 Å². The first-order valence-electron chi connectivity index (χ1n) is 5.43. The van der Waals surface area contributed by atoms with Crippen molar-refractivity contribution in [2.75, 3.05) is 12.9 Å². The molecule has 1 fully saturated rings. The zero-order valence-electron chi connectivity index (χ0n) is 9.78. The maximum Gasteiger partial charge on any atom is 0.314 e. The van der Waals surface area contributed by atoms with Crippen LogP contribution in [0.1, 0.15) is 11.5 Å². The SMILES string of the molecule is CS(=O)(=O)[C@@H]1[C@H](c2ccccc2)[C@]1(CO)C(=O)O. The van der Waals surface area contributed by atoms with E-state index in [0.717, 1.165) is 6.26 Å². The summed E-state index contributed by atoms with van der Waals surface area (Å²) in [5, 5.41) is 17.5. The Bertz CT molecular complexity index is 565. The van der Waals surface area contributed by atoms with Crippen LogP contribution in [-0.2, 0) is 14.6 Å². The van der Waals surface area contributed by atoms with Gasteiger partial charge in [0.25, 0.3) is 0 Å². The van der Waals surface area contributed by atoms with Crippen molar-refractivity contribution in [1.29, 1.82) is 0 Å². The van der Waals surface area contributed by atoms with Crippen LogP contribution in [0.15, 0.2) is 30.3 Å². The van der Waals surface area contributed by atoms with Crippen LogP contribution in [0, 0.1) is 5.41 Å². The van der Waals surface area contributed by atoms with Crippen LogP contribution in [0.3, 0.4) is 0 Å². The molecule has 18 heavy (non-hydrogen) atoms. The molecule has 0 aliphatic heterocycles. The molecule has 0 unspecified atom stereocenters. The molecule has 0 radical (unpaired) electrons. The maximum absolute atomic E-state index is 11.7. The number of carboxylic acids is 1. The number of hydrogen-bond donors (Lipinski definition) is 2. The van der Waals surface area contributed by atoms with Crippen LogP contribution < -0.4 is 0 Å². The van der Waals surface area contributed by atoms with E-state index in [9.17, 15) is 23.4 Å². The molecule has 0 aromatic heterocycles. The predicted octanol–water partition coefficient (Wildman–Crippen LogP) is 0.260. The van der Waals surface area contributed by atoms with E-state index >= 15 is 0 Å². The summed E-state index contributed by atoms with van der Waals surface area (Å²) in [6.07, 6.45) is 1.01. The van der Waals surface area contributed by atoms with Gasteiger partial charge >= 0.3 is 5.97 Å². The molecule has 0 spiro atoms. The fraction of sp³-hybridized carbons (Fsp3) is 0.417. The molecular weight excluding hydrogens is 256 g/mol. The molecule has 0 amide bonds. The second kappa shape index (κ2) is 4.07. The van der Waals surface area contributed by atoms with E-state index in [0.29, 0.717) is 5.56 Å². The van der Waals surface area contributed by atoms with E-state index in [-0.39, 0.29) is 0 Å². The highest BCUT2D eigenvalue weighted by Crippen LogP contribution is 2.62. The first-order valence-corrected chi connectivity index (χ1v) is 7.39. The molecule has 2 N–H and O–H groups in total. The van der Waals surface area contributed by atoms with E-state index in [1.807, 2.05) is 0 Å². The van der Waals surface area contributed by atoms with E-state index in [4.69, 9.17) is 0 Å². The highest BCUT2D eigenvalue weighted by Gasteiger charge is 2.74. The van der Waals surface area contributed by atoms with Crippen molar-refractivity contribution in [1.82, 2.24) is 0 Å². The van der Waals surface area contributed by atoms with Crippen molar-refractivity contribution in [2.45, 2.75) is 11.2 Å². The number of carboxylic acid groups (broad SMARTS) is 1. The number of aliphatic carboxylic acids is 1. The molecule has 1 saturated carbocycles. The Labute approximate surface area is 105 Å². The number of aliphatic hydroxyl groups excluding tert-OH is 1. The zero-order valence-corrected chi connectivity index (χ0v) is 10.6. The molecule has 5 nitrogen and oxygen atoms in total. The van der Waals surface area contributed by atoms with Crippen LogP contribution in [0.4, 0.5) is 0 Å².